The number of rotatable bonds is 4. The first kappa shape index (κ1) is 13.1. The lowest BCUT2D eigenvalue weighted by molar-refractivity contribution is 0.482. The molecule has 1 rings (SSSR count). The Morgan fingerprint density at radius 1 is 1.12 bits per heavy atom. The maximum absolute atomic E-state index is 11.4. The molecule has 1 N–H and O–H groups in total. The summed E-state index contributed by atoms with van der Waals surface area (Å²) in [6, 6.07) is 5.49. The zero-order valence-electron chi connectivity index (χ0n) is 8.62. The van der Waals surface area contributed by atoms with E-state index in [4.69, 9.17) is 4.55 Å². The quantitative estimate of drug-likeness (QED) is 0.815. The van der Waals surface area contributed by atoms with Gasteiger partial charge in [-0.05, 0) is 11.6 Å². The minimum absolute atomic E-state index is 0.0766. The highest BCUT2D eigenvalue weighted by molar-refractivity contribution is 7.90. The fraction of sp³-hybridized carbons (Fsp3) is 0.333. The molecule has 0 spiro atoms. The Morgan fingerprint density at radius 2 is 1.69 bits per heavy atom. The van der Waals surface area contributed by atoms with Crippen LogP contribution in [0.5, 0.6) is 0 Å². The van der Waals surface area contributed by atoms with E-state index in [2.05, 4.69) is 0 Å². The number of benzene rings is 1. The SMILES string of the molecule is CCS(=O)(=O)Cc1ccccc1S(=O)(=O)O. The lowest BCUT2D eigenvalue weighted by Gasteiger charge is -2.06. The average molecular weight is 264 g/mol. The third-order valence-corrected chi connectivity index (χ3v) is 4.65. The highest BCUT2D eigenvalue weighted by atomic mass is 32.2. The predicted octanol–water partition coefficient (Wildman–Crippen LogP) is 0.868. The van der Waals surface area contributed by atoms with Crippen LogP contribution < -0.4 is 0 Å². The average Bonchev–Trinajstić information content (AvgIpc) is 2.16. The molecule has 0 aromatic heterocycles. The molecular weight excluding hydrogens is 252 g/mol. The van der Waals surface area contributed by atoms with E-state index in [1.807, 2.05) is 0 Å². The molecule has 90 valence electrons. The second-order valence-electron chi connectivity index (χ2n) is 3.26. The highest BCUT2D eigenvalue weighted by Crippen LogP contribution is 2.17. The molecule has 0 saturated heterocycles. The van der Waals surface area contributed by atoms with Crippen LogP contribution in [0.3, 0.4) is 0 Å². The molecule has 1 aromatic rings. The second-order valence-corrected chi connectivity index (χ2v) is 7.00. The third-order valence-electron chi connectivity index (χ3n) is 2.07. The van der Waals surface area contributed by atoms with Gasteiger partial charge in [-0.15, -0.1) is 0 Å². The molecule has 0 atom stereocenters. The van der Waals surface area contributed by atoms with E-state index in [0.29, 0.717) is 0 Å². The van der Waals surface area contributed by atoms with Gasteiger partial charge < -0.3 is 0 Å². The normalized spacial score (nSPS) is 12.6. The van der Waals surface area contributed by atoms with Crippen molar-refractivity contribution in [2.75, 3.05) is 5.75 Å². The van der Waals surface area contributed by atoms with E-state index in [0.717, 1.165) is 0 Å². The van der Waals surface area contributed by atoms with Crippen LogP contribution >= 0.6 is 0 Å². The Labute approximate surface area is 94.8 Å². The first-order valence-electron chi connectivity index (χ1n) is 4.52. The monoisotopic (exact) mass is 264 g/mol. The zero-order valence-corrected chi connectivity index (χ0v) is 10.3. The standard InChI is InChI=1S/C9H12O5S2/c1-2-15(10,11)7-8-5-3-4-6-9(8)16(12,13)14/h3-6H,2,7H2,1H3,(H,12,13,14). The topological polar surface area (TPSA) is 88.5 Å². The number of hydrogen-bond donors (Lipinski definition) is 1. The summed E-state index contributed by atoms with van der Waals surface area (Å²) >= 11 is 0. The van der Waals surface area contributed by atoms with Gasteiger partial charge in [0, 0.05) is 5.75 Å². The van der Waals surface area contributed by atoms with E-state index in [9.17, 15) is 16.8 Å². The van der Waals surface area contributed by atoms with Crippen molar-refractivity contribution in [3.05, 3.63) is 29.8 Å². The molecule has 1 aromatic carbocycles. The van der Waals surface area contributed by atoms with Crippen molar-refractivity contribution in [3.8, 4) is 0 Å². The van der Waals surface area contributed by atoms with Gasteiger partial charge in [-0.1, -0.05) is 25.1 Å². The fourth-order valence-electron chi connectivity index (χ4n) is 1.21. The third kappa shape index (κ3) is 3.29. The van der Waals surface area contributed by atoms with Gasteiger partial charge in [-0.3, -0.25) is 4.55 Å². The summed E-state index contributed by atoms with van der Waals surface area (Å²) in [5.74, 6) is -0.466. The van der Waals surface area contributed by atoms with Gasteiger partial charge >= 0.3 is 0 Å². The van der Waals surface area contributed by atoms with Crippen molar-refractivity contribution in [1.29, 1.82) is 0 Å². The molecule has 0 aliphatic heterocycles. The van der Waals surface area contributed by atoms with Crippen LogP contribution in [0.25, 0.3) is 0 Å². The van der Waals surface area contributed by atoms with Crippen LogP contribution in [-0.2, 0) is 25.7 Å². The van der Waals surface area contributed by atoms with Crippen molar-refractivity contribution in [2.24, 2.45) is 0 Å². The minimum Gasteiger partial charge on any atom is -0.282 e. The van der Waals surface area contributed by atoms with Crippen molar-refractivity contribution in [1.82, 2.24) is 0 Å². The Balaban J connectivity index is 3.26. The van der Waals surface area contributed by atoms with Crippen LogP contribution in [-0.4, -0.2) is 27.1 Å². The van der Waals surface area contributed by atoms with Crippen LogP contribution in [0, 0.1) is 0 Å². The van der Waals surface area contributed by atoms with Gasteiger partial charge in [0.2, 0.25) is 0 Å². The Morgan fingerprint density at radius 3 is 2.19 bits per heavy atom. The van der Waals surface area contributed by atoms with Crippen molar-refractivity contribution < 1.29 is 21.4 Å². The lowest BCUT2D eigenvalue weighted by atomic mass is 10.2. The summed E-state index contributed by atoms with van der Waals surface area (Å²) in [6.07, 6.45) is 0. The smallest absolute Gasteiger partial charge is 0.282 e. The van der Waals surface area contributed by atoms with E-state index < -0.39 is 20.0 Å². The van der Waals surface area contributed by atoms with Gasteiger partial charge in [-0.25, -0.2) is 8.42 Å². The van der Waals surface area contributed by atoms with Gasteiger partial charge in [0.1, 0.15) is 0 Å². The lowest BCUT2D eigenvalue weighted by Crippen LogP contribution is -2.10. The van der Waals surface area contributed by atoms with E-state index in [-0.39, 0.29) is 22.0 Å². The molecule has 5 nitrogen and oxygen atoms in total. The molecular formula is C9H12O5S2. The molecule has 0 unspecified atom stereocenters. The summed E-state index contributed by atoms with van der Waals surface area (Å²) in [4.78, 5) is -0.355. The van der Waals surface area contributed by atoms with Crippen LogP contribution in [0.2, 0.25) is 0 Å². The summed E-state index contributed by atoms with van der Waals surface area (Å²) in [7, 11) is -7.71. The van der Waals surface area contributed by atoms with Crippen LogP contribution in [0.1, 0.15) is 12.5 Å². The van der Waals surface area contributed by atoms with E-state index in [1.165, 1.54) is 31.2 Å². The maximum atomic E-state index is 11.4. The summed E-state index contributed by atoms with van der Waals surface area (Å²) < 4.78 is 53.6. The zero-order chi connectivity index (χ0) is 12.4. The van der Waals surface area contributed by atoms with E-state index in [1.54, 1.807) is 0 Å². The second kappa shape index (κ2) is 4.52. The number of sulfone groups is 1. The van der Waals surface area contributed by atoms with Crippen molar-refractivity contribution >= 4 is 20.0 Å². The summed E-state index contributed by atoms with van der Waals surface area (Å²) in [6.45, 7) is 1.48. The molecule has 0 saturated carbocycles. The summed E-state index contributed by atoms with van der Waals surface area (Å²) in [5.41, 5.74) is 0.0897. The molecule has 7 heteroatoms. The molecule has 0 bridgehead atoms. The first-order chi connectivity index (χ1) is 7.26. The van der Waals surface area contributed by atoms with Gasteiger partial charge in [0.15, 0.2) is 9.84 Å². The van der Waals surface area contributed by atoms with Gasteiger partial charge in [0.05, 0.1) is 10.6 Å². The molecule has 0 fully saturated rings. The van der Waals surface area contributed by atoms with E-state index >= 15 is 0 Å². The first-order valence-corrected chi connectivity index (χ1v) is 7.78. The largest absolute Gasteiger partial charge is 0.294 e. The predicted molar refractivity (Wildman–Crippen MR) is 59.4 cm³/mol. The highest BCUT2D eigenvalue weighted by Gasteiger charge is 2.18. The Kier molecular flexibility index (Phi) is 3.72. The molecule has 0 aliphatic carbocycles. The van der Waals surface area contributed by atoms with Crippen LogP contribution in [0.15, 0.2) is 29.2 Å². The Bertz CT molecular complexity index is 572. The van der Waals surface area contributed by atoms with Gasteiger partial charge in [-0.2, -0.15) is 8.42 Å². The Hall–Kier alpha value is -0.920. The molecule has 0 aliphatic rings. The molecule has 0 radical (unpaired) electrons. The molecule has 0 amide bonds. The molecule has 16 heavy (non-hydrogen) atoms. The maximum Gasteiger partial charge on any atom is 0.294 e. The van der Waals surface area contributed by atoms with Crippen molar-refractivity contribution in [3.63, 3.8) is 0 Å². The minimum atomic E-state index is -4.38. The van der Waals surface area contributed by atoms with Crippen LogP contribution in [0.4, 0.5) is 0 Å². The van der Waals surface area contributed by atoms with Gasteiger partial charge in [0.25, 0.3) is 10.1 Å². The summed E-state index contributed by atoms with van der Waals surface area (Å²) in [5, 5.41) is 0. The molecule has 0 heterocycles. The fourth-order valence-corrected chi connectivity index (χ4v) is 2.96. The number of hydrogen-bond acceptors (Lipinski definition) is 4. The van der Waals surface area contributed by atoms with Crippen molar-refractivity contribution in [2.45, 2.75) is 17.6 Å².